The van der Waals surface area contributed by atoms with Gasteiger partial charge in [-0.25, -0.2) is 9.97 Å². The SMILES string of the molecule is CC(C)(c1ncc(-c2ccccc2)cn1)N1CCNCC1. The number of nitrogens with zero attached hydrogens (tertiary/aromatic N) is 3. The summed E-state index contributed by atoms with van der Waals surface area (Å²) in [5.74, 6) is 0.893. The summed E-state index contributed by atoms with van der Waals surface area (Å²) in [6.45, 7) is 8.55. The van der Waals surface area contributed by atoms with Crippen molar-refractivity contribution in [2.75, 3.05) is 26.2 Å². The van der Waals surface area contributed by atoms with E-state index in [1.807, 2.05) is 30.6 Å². The predicted molar refractivity (Wildman–Crippen MR) is 84.9 cm³/mol. The largest absolute Gasteiger partial charge is 0.314 e. The monoisotopic (exact) mass is 282 g/mol. The van der Waals surface area contributed by atoms with Crippen LogP contribution in [0.5, 0.6) is 0 Å². The van der Waals surface area contributed by atoms with Gasteiger partial charge in [0.15, 0.2) is 0 Å². The van der Waals surface area contributed by atoms with Crippen LogP contribution in [0.1, 0.15) is 19.7 Å². The third-order valence-electron chi connectivity index (χ3n) is 4.21. The first-order chi connectivity index (χ1) is 10.2. The summed E-state index contributed by atoms with van der Waals surface area (Å²) in [6, 6.07) is 10.3. The second-order valence-corrected chi connectivity index (χ2v) is 5.96. The Balaban J connectivity index is 1.83. The van der Waals surface area contributed by atoms with Gasteiger partial charge >= 0.3 is 0 Å². The number of hydrogen-bond acceptors (Lipinski definition) is 4. The van der Waals surface area contributed by atoms with Crippen LogP contribution in [0.25, 0.3) is 11.1 Å². The van der Waals surface area contributed by atoms with Gasteiger partial charge in [0.05, 0.1) is 5.54 Å². The van der Waals surface area contributed by atoms with Gasteiger partial charge in [-0.3, -0.25) is 4.90 Å². The Hall–Kier alpha value is -1.78. The molecule has 0 amide bonds. The van der Waals surface area contributed by atoms with E-state index in [1.165, 1.54) is 0 Å². The molecular formula is C17H22N4. The maximum absolute atomic E-state index is 4.63. The van der Waals surface area contributed by atoms with Crippen molar-refractivity contribution in [3.05, 3.63) is 48.5 Å². The highest BCUT2D eigenvalue weighted by atomic mass is 15.3. The van der Waals surface area contributed by atoms with Crippen molar-refractivity contribution in [1.82, 2.24) is 20.2 Å². The molecular weight excluding hydrogens is 260 g/mol. The summed E-state index contributed by atoms with van der Waals surface area (Å²) in [5, 5.41) is 3.39. The minimum Gasteiger partial charge on any atom is -0.314 e. The fourth-order valence-electron chi connectivity index (χ4n) is 2.79. The first-order valence-electron chi connectivity index (χ1n) is 7.51. The van der Waals surface area contributed by atoms with Crippen LogP contribution in [0.3, 0.4) is 0 Å². The van der Waals surface area contributed by atoms with E-state index in [2.05, 4.69) is 46.2 Å². The maximum atomic E-state index is 4.63. The van der Waals surface area contributed by atoms with E-state index in [0.717, 1.165) is 43.1 Å². The van der Waals surface area contributed by atoms with Gasteiger partial charge in [0.25, 0.3) is 0 Å². The minimum absolute atomic E-state index is 0.128. The van der Waals surface area contributed by atoms with Crippen LogP contribution in [0.15, 0.2) is 42.7 Å². The van der Waals surface area contributed by atoms with E-state index in [4.69, 9.17) is 0 Å². The van der Waals surface area contributed by atoms with E-state index >= 15 is 0 Å². The van der Waals surface area contributed by atoms with Crippen molar-refractivity contribution in [2.45, 2.75) is 19.4 Å². The molecule has 1 aromatic heterocycles. The molecule has 1 aromatic carbocycles. The molecule has 1 saturated heterocycles. The summed E-state index contributed by atoms with van der Waals surface area (Å²) in [4.78, 5) is 11.7. The van der Waals surface area contributed by atoms with Crippen molar-refractivity contribution in [3.8, 4) is 11.1 Å². The second kappa shape index (κ2) is 5.92. The lowest BCUT2D eigenvalue weighted by Crippen LogP contribution is -2.52. The average molecular weight is 282 g/mol. The lowest BCUT2D eigenvalue weighted by atomic mass is 10.00. The summed E-state index contributed by atoms with van der Waals surface area (Å²) in [6.07, 6.45) is 3.86. The quantitative estimate of drug-likeness (QED) is 0.938. The van der Waals surface area contributed by atoms with Crippen molar-refractivity contribution >= 4 is 0 Å². The Morgan fingerprint density at radius 1 is 0.952 bits per heavy atom. The zero-order chi connectivity index (χ0) is 14.7. The van der Waals surface area contributed by atoms with Crippen molar-refractivity contribution in [2.24, 2.45) is 0 Å². The highest BCUT2D eigenvalue weighted by Gasteiger charge is 2.32. The van der Waals surface area contributed by atoms with Gasteiger partial charge in [0.2, 0.25) is 0 Å². The summed E-state index contributed by atoms with van der Waals surface area (Å²) < 4.78 is 0. The molecule has 4 nitrogen and oxygen atoms in total. The number of piperazine rings is 1. The highest BCUT2D eigenvalue weighted by Crippen LogP contribution is 2.26. The van der Waals surface area contributed by atoms with Crippen LogP contribution in [0, 0.1) is 0 Å². The Bertz CT molecular complexity index is 571. The average Bonchev–Trinajstić information content (AvgIpc) is 2.57. The van der Waals surface area contributed by atoms with Gasteiger partial charge in [-0.15, -0.1) is 0 Å². The standard InChI is InChI=1S/C17H22N4/c1-17(2,21-10-8-18-9-11-21)16-19-12-15(13-20-16)14-6-4-3-5-7-14/h3-7,12-13,18H,8-11H2,1-2H3. The zero-order valence-electron chi connectivity index (χ0n) is 12.7. The van der Waals surface area contributed by atoms with Crippen LogP contribution in [0.2, 0.25) is 0 Å². The Morgan fingerprint density at radius 3 is 2.19 bits per heavy atom. The molecule has 0 atom stereocenters. The number of aromatic nitrogens is 2. The lowest BCUT2D eigenvalue weighted by molar-refractivity contribution is 0.0948. The van der Waals surface area contributed by atoms with Gasteiger partial charge < -0.3 is 5.32 Å². The minimum atomic E-state index is -0.128. The van der Waals surface area contributed by atoms with Crippen LogP contribution in [-0.2, 0) is 5.54 Å². The summed E-state index contributed by atoms with van der Waals surface area (Å²) in [7, 11) is 0. The molecule has 21 heavy (non-hydrogen) atoms. The molecule has 3 rings (SSSR count). The molecule has 0 bridgehead atoms. The van der Waals surface area contributed by atoms with Gasteiger partial charge in [0, 0.05) is 44.1 Å². The lowest BCUT2D eigenvalue weighted by Gasteiger charge is -2.39. The molecule has 1 fully saturated rings. The molecule has 0 saturated carbocycles. The molecule has 4 heteroatoms. The van der Waals surface area contributed by atoms with E-state index in [9.17, 15) is 0 Å². The maximum Gasteiger partial charge on any atom is 0.147 e. The third kappa shape index (κ3) is 2.96. The molecule has 0 unspecified atom stereocenters. The van der Waals surface area contributed by atoms with Crippen molar-refractivity contribution < 1.29 is 0 Å². The summed E-state index contributed by atoms with van der Waals surface area (Å²) in [5.41, 5.74) is 2.09. The van der Waals surface area contributed by atoms with E-state index in [1.54, 1.807) is 0 Å². The normalized spacial score (nSPS) is 16.9. The van der Waals surface area contributed by atoms with Crippen molar-refractivity contribution in [3.63, 3.8) is 0 Å². The second-order valence-electron chi connectivity index (χ2n) is 5.96. The number of benzene rings is 1. The fourth-order valence-corrected chi connectivity index (χ4v) is 2.79. The molecule has 0 radical (unpaired) electrons. The molecule has 1 N–H and O–H groups in total. The van der Waals surface area contributed by atoms with Crippen LogP contribution in [-0.4, -0.2) is 41.0 Å². The molecule has 1 aliphatic heterocycles. The zero-order valence-corrected chi connectivity index (χ0v) is 12.7. The first kappa shape index (κ1) is 14.2. The molecule has 1 aliphatic rings. The Labute approximate surface area is 126 Å². The summed E-state index contributed by atoms with van der Waals surface area (Å²) >= 11 is 0. The fraction of sp³-hybridized carbons (Fsp3) is 0.412. The predicted octanol–water partition coefficient (Wildman–Crippen LogP) is 2.28. The number of hydrogen-bond donors (Lipinski definition) is 1. The molecule has 2 aromatic rings. The molecule has 0 aliphatic carbocycles. The Morgan fingerprint density at radius 2 is 1.57 bits per heavy atom. The molecule has 2 heterocycles. The van der Waals surface area contributed by atoms with Crippen LogP contribution in [0.4, 0.5) is 0 Å². The molecule has 110 valence electrons. The van der Waals surface area contributed by atoms with Crippen LogP contribution >= 0.6 is 0 Å². The van der Waals surface area contributed by atoms with E-state index in [0.29, 0.717) is 0 Å². The highest BCUT2D eigenvalue weighted by molar-refractivity contribution is 5.61. The van der Waals surface area contributed by atoms with Crippen molar-refractivity contribution in [1.29, 1.82) is 0 Å². The van der Waals surface area contributed by atoms with E-state index < -0.39 is 0 Å². The van der Waals surface area contributed by atoms with Crippen LogP contribution < -0.4 is 5.32 Å². The van der Waals surface area contributed by atoms with Gasteiger partial charge in [-0.05, 0) is 19.4 Å². The number of nitrogens with one attached hydrogen (secondary N) is 1. The molecule has 0 spiro atoms. The van der Waals surface area contributed by atoms with Gasteiger partial charge in [-0.1, -0.05) is 30.3 Å². The van der Waals surface area contributed by atoms with Gasteiger partial charge in [-0.2, -0.15) is 0 Å². The first-order valence-corrected chi connectivity index (χ1v) is 7.51. The van der Waals surface area contributed by atoms with Gasteiger partial charge in [0.1, 0.15) is 5.82 Å². The topological polar surface area (TPSA) is 41.1 Å². The Kier molecular flexibility index (Phi) is 3.99. The third-order valence-corrected chi connectivity index (χ3v) is 4.21. The number of rotatable bonds is 3. The van der Waals surface area contributed by atoms with E-state index in [-0.39, 0.29) is 5.54 Å². The smallest absolute Gasteiger partial charge is 0.147 e.